The summed E-state index contributed by atoms with van der Waals surface area (Å²) in [4.78, 5) is 79.7. The number of benzene rings is 4. The van der Waals surface area contributed by atoms with Crippen LogP contribution in [0.4, 0.5) is 9.59 Å². The van der Waals surface area contributed by atoms with Gasteiger partial charge in [0.2, 0.25) is 0 Å². The number of nitrogens with zero attached hydrogens (tertiary/aromatic N) is 4. The first-order valence-electron chi connectivity index (χ1n) is 25.9. The van der Waals surface area contributed by atoms with Gasteiger partial charge >= 0.3 is 37.2 Å². The van der Waals surface area contributed by atoms with E-state index in [1.165, 1.54) is 56.7 Å². The molecule has 0 radical (unpaired) electrons. The highest BCUT2D eigenvalue weighted by Crippen LogP contribution is 2.30. The Hall–Kier alpha value is -7.74. The molecule has 2 aliphatic rings. The number of amides is 2. The highest BCUT2D eigenvalue weighted by molar-refractivity contribution is 9.10. The van der Waals surface area contributed by atoms with Crippen molar-refractivity contribution >= 4 is 64.9 Å². The minimum absolute atomic E-state index is 0.225. The molecular formula is C61H72BBrN4O13. The first-order chi connectivity index (χ1) is 38.0. The molecule has 8 rings (SSSR count). The first kappa shape index (κ1) is 64.8. The number of rotatable bonds is 8. The maximum atomic E-state index is 12.1. The second kappa shape index (κ2) is 32.4. The monoisotopic (exact) mass is 1160 g/mol. The Morgan fingerprint density at radius 1 is 0.512 bits per heavy atom. The molecule has 0 atom stereocenters. The van der Waals surface area contributed by atoms with Gasteiger partial charge in [-0.05, 0) is 167 Å². The number of aldehydes is 1. The van der Waals surface area contributed by atoms with E-state index in [2.05, 4.69) is 35.4 Å². The smallest absolute Gasteiger partial charge is 0.465 e. The minimum Gasteiger partial charge on any atom is -0.465 e. The summed E-state index contributed by atoms with van der Waals surface area (Å²) in [6, 6.07) is 36.0. The average molecular weight is 1160 g/mol. The van der Waals surface area contributed by atoms with Crippen molar-refractivity contribution in [1.29, 1.82) is 0 Å². The predicted molar refractivity (Wildman–Crippen MR) is 310 cm³/mol. The van der Waals surface area contributed by atoms with Crippen molar-refractivity contribution in [3.63, 3.8) is 0 Å². The number of ether oxygens (including phenoxy) is 5. The molecule has 6 aromatic rings. The van der Waals surface area contributed by atoms with Gasteiger partial charge in [0.1, 0.15) is 17.5 Å². The summed E-state index contributed by atoms with van der Waals surface area (Å²) in [7, 11) is 2.53. The van der Waals surface area contributed by atoms with Crippen LogP contribution in [0.1, 0.15) is 132 Å². The standard InChI is InChI=1S/C18H25NO4.C17H23NO3.C13H11NO2.C8H9BO4.C5H4BrN/c1-18(2,3)23-17(21)19-11-9-14(10-12-19)13-5-7-15(8-6-13)16(20)22-4;1-17(2,3)21-16(20)18-10-8-15(9-11-18)14-6-4-13(12-19)5-7-14;1-16-13(15)12-4-2-10(3-5-12)11-6-8-14-9-7-11;1-13-8(10)6-2-4-7(5-3-6)9(11)12;6-5-1-3-7-4-2-5/h5-8,14H,9-12H2,1-4H3;4-7,12,15H,8-11H2,1-3H3;2-9H,1H3;2-5,11-12H,1H3;1-4H. The normalized spacial score (nSPS) is 13.2. The number of halogens is 1. The zero-order valence-corrected chi connectivity index (χ0v) is 48.5. The van der Waals surface area contributed by atoms with Gasteiger partial charge in [-0.25, -0.2) is 24.0 Å². The van der Waals surface area contributed by atoms with Gasteiger partial charge in [0.05, 0.1) is 38.0 Å². The maximum absolute atomic E-state index is 12.1. The molecule has 2 aromatic heterocycles. The van der Waals surface area contributed by atoms with E-state index in [4.69, 9.17) is 24.3 Å². The van der Waals surface area contributed by atoms with E-state index in [9.17, 15) is 28.8 Å². The molecule has 0 aliphatic carbocycles. The molecule has 80 heavy (non-hydrogen) atoms. The zero-order chi connectivity index (χ0) is 58.8. The second-order valence-electron chi connectivity index (χ2n) is 20.3. The summed E-state index contributed by atoms with van der Waals surface area (Å²) in [5, 5.41) is 17.5. The lowest BCUT2D eigenvalue weighted by atomic mass is 9.80. The van der Waals surface area contributed by atoms with Gasteiger partial charge in [0, 0.05) is 61.0 Å². The number of carbonyl (C=O) groups is 6. The summed E-state index contributed by atoms with van der Waals surface area (Å²) in [5.41, 5.74) is 6.19. The van der Waals surface area contributed by atoms with Gasteiger partial charge < -0.3 is 43.5 Å². The number of pyridine rings is 2. The molecule has 0 unspecified atom stereocenters. The number of hydrogen-bond donors (Lipinski definition) is 2. The van der Waals surface area contributed by atoms with Crippen molar-refractivity contribution in [3.05, 3.63) is 184 Å². The molecule has 0 bridgehead atoms. The van der Waals surface area contributed by atoms with Crippen molar-refractivity contribution in [1.82, 2.24) is 19.8 Å². The van der Waals surface area contributed by atoms with Gasteiger partial charge in [-0.15, -0.1) is 0 Å². The zero-order valence-electron chi connectivity index (χ0n) is 46.9. The third-order valence-electron chi connectivity index (χ3n) is 12.2. The largest absolute Gasteiger partial charge is 0.488 e. The second-order valence-corrected chi connectivity index (χ2v) is 21.3. The summed E-state index contributed by atoms with van der Waals surface area (Å²) >= 11 is 3.27. The average Bonchev–Trinajstić information content (AvgIpc) is 3.49. The Balaban J connectivity index is 0.000000224. The summed E-state index contributed by atoms with van der Waals surface area (Å²) in [6.45, 7) is 14.1. The van der Waals surface area contributed by atoms with Gasteiger partial charge in [-0.3, -0.25) is 14.8 Å². The first-order valence-corrected chi connectivity index (χ1v) is 26.7. The van der Waals surface area contributed by atoms with Crippen LogP contribution in [0.5, 0.6) is 0 Å². The topological polar surface area (TPSA) is 221 Å². The Kier molecular flexibility index (Phi) is 26.2. The molecule has 4 heterocycles. The van der Waals surface area contributed by atoms with E-state index in [1.807, 2.05) is 114 Å². The van der Waals surface area contributed by atoms with Crippen molar-refractivity contribution in [2.45, 2.75) is 90.3 Å². The Morgan fingerprint density at radius 3 is 1.15 bits per heavy atom. The predicted octanol–water partition coefficient (Wildman–Crippen LogP) is 10.7. The van der Waals surface area contributed by atoms with E-state index >= 15 is 0 Å². The molecule has 2 fully saturated rings. The fourth-order valence-corrected chi connectivity index (χ4v) is 8.24. The Morgan fingerprint density at radius 2 is 0.838 bits per heavy atom. The van der Waals surface area contributed by atoms with E-state index < -0.39 is 24.3 Å². The number of methoxy groups -OCH3 is 3. The number of esters is 3. The molecule has 19 heteroatoms. The van der Waals surface area contributed by atoms with Crippen LogP contribution in [0.2, 0.25) is 0 Å². The van der Waals surface area contributed by atoms with Crippen LogP contribution in [0.25, 0.3) is 11.1 Å². The van der Waals surface area contributed by atoms with Crippen LogP contribution in [0, 0.1) is 0 Å². The van der Waals surface area contributed by atoms with Crippen LogP contribution >= 0.6 is 15.9 Å². The lowest BCUT2D eigenvalue weighted by molar-refractivity contribution is 0.0194. The van der Waals surface area contributed by atoms with Crippen LogP contribution in [-0.4, -0.2) is 132 Å². The van der Waals surface area contributed by atoms with Crippen LogP contribution < -0.4 is 5.46 Å². The molecule has 2 aliphatic heterocycles. The van der Waals surface area contributed by atoms with Crippen molar-refractivity contribution < 1.29 is 62.5 Å². The summed E-state index contributed by atoms with van der Waals surface area (Å²) < 4.78 is 25.7. The Bertz CT molecular complexity index is 2850. The van der Waals surface area contributed by atoms with Crippen molar-refractivity contribution in [2.24, 2.45) is 0 Å². The quantitative estimate of drug-likeness (QED) is 0.0626. The van der Waals surface area contributed by atoms with Crippen LogP contribution in [0.15, 0.2) is 151 Å². The summed E-state index contributed by atoms with van der Waals surface area (Å²) in [6.07, 6.45) is 11.0. The van der Waals surface area contributed by atoms with E-state index in [1.54, 1.807) is 58.9 Å². The number of hydrogen-bond acceptors (Lipinski definition) is 15. The van der Waals surface area contributed by atoms with Crippen molar-refractivity contribution in [3.8, 4) is 11.1 Å². The third kappa shape index (κ3) is 22.6. The van der Waals surface area contributed by atoms with Gasteiger partial charge in [-0.1, -0.05) is 76.6 Å². The molecule has 4 aromatic carbocycles. The molecule has 2 saturated heterocycles. The number of aromatic nitrogens is 2. The molecule has 2 amide bonds. The molecule has 0 spiro atoms. The fraction of sp³-hybridized carbons (Fsp3) is 0.344. The third-order valence-corrected chi connectivity index (χ3v) is 12.8. The Labute approximate surface area is 477 Å². The maximum Gasteiger partial charge on any atom is 0.488 e. The SMILES string of the molecule is Brc1ccncc1.CC(C)(C)OC(=O)N1CCC(c2ccc(C=O)cc2)CC1.COC(=O)c1ccc(-c2ccncc2)cc1.COC(=O)c1ccc(B(O)O)cc1.COC(=O)c1ccc(C2CCN(C(=O)OC(C)(C)C)CC2)cc1. The molecule has 17 nitrogen and oxygen atoms in total. The molecule has 424 valence electrons. The van der Waals surface area contributed by atoms with Gasteiger partial charge in [0.15, 0.2) is 0 Å². The molecule has 0 saturated carbocycles. The molecule has 2 N–H and O–H groups in total. The lowest BCUT2D eigenvalue weighted by Gasteiger charge is -2.33. The highest BCUT2D eigenvalue weighted by Gasteiger charge is 2.29. The lowest BCUT2D eigenvalue weighted by Crippen LogP contribution is -2.41. The van der Waals surface area contributed by atoms with E-state index in [-0.39, 0.29) is 24.1 Å². The highest BCUT2D eigenvalue weighted by atomic mass is 79.9. The van der Waals surface area contributed by atoms with E-state index in [0.29, 0.717) is 52.6 Å². The number of carbonyl (C=O) groups excluding carboxylic acids is 6. The van der Waals surface area contributed by atoms with Crippen LogP contribution in [-0.2, 0) is 23.7 Å². The van der Waals surface area contributed by atoms with Crippen molar-refractivity contribution in [2.75, 3.05) is 47.5 Å². The van der Waals surface area contributed by atoms with E-state index in [0.717, 1.165) is 60.7 Å². The molecular weight excluding hydrogens is 1090 g/mol. The summed E-state index contributed by atoms with van der Waals surface area (Å²) in [5.74, 6) is -0.235. The number of likely N-dealkylation sites (tertiary alicyclic amines) is 2. The fourth-order valence-electron chi connectivity index (χ4n) is 8.00. The van der Waals surface area contributed by atoms with Gasteiger partial charge in [0.25, 0.3) is 0 Å². The van der Waals surface area contributed by atoms with Crippen LogP contribution in [0.3, 0.4) is 0 Å². The number of piperidine rings is 2. The van der Waals surface area contributed by atoms with Gasteiger partial charge in [-0.2, -0.15) is 0 Å². The minimum atomic E-state index is -1.51.